The Labute approximate surface area is 171 Å². The first-order valence-electron chi connectivity index (χ1n) is 10.2. The second-order valence-electron chi connectivity index (χ2n) is 8.89. The van der Waals surface area contributed by atoms with Crippen molar-refractivity contribution in [3.8, 4) is 0 Å². The monoisotopic (exact) mass is 400 g/mol. The van der Waals surface area contributed by atoms with E-state index in [4.69, 9.17) is 28.4 Å². The normalized spacial score (nSPS) is 35.2. The number of hydrogen-bond acceptors (Lipinski definition) is 6. The van der Waals surface area contributed by atoms with Gasteiger partial charge >= 0.3 is 0 Å². The van der Waals surface area contributed by atoms with Crippen molar-refractivity contribution in [2.24, 2.45) is 0 Å². The maximum Gasteiger partial charge on any atom is 0.190 e. The van der Waals surface area contributed by atoms with E-state index in [1.54, 1.807) is 0 Å². The summed E-state index contributed by atoms with van der Waals surface area (Å²) in [5, 5.41) is 2.41. The fourth-order valence-corrected chi connectivity index (χ4v) is 4.39. The SMILES string of the molecule is CC1(C)O[C@H]2O[C@H]([C@H]3COC(C)(C)O3)[C@H](OCc3ccc4ccccc4c3)[C@H]2O1. The predicted octanol–water partition coefficient (Wildman–Crippen LogP) is 3.75. The maximum atomic E-state index is 6.37. The molecule has 0 aliphatic carbocycles. The molecule has 3 aliphatic heterocycles. The summed E-state index contributed by atoms with van der Waals surface area (Å²) in [5.74, 6) is -1.33. The lowest BCUT2D eigenvalue weighted by Gasteiger charge is -2.29. The average Bonchev–Trinajstić information content (AvgIpc) is 3.28. The zero-order valence-electron chi connectivity index (χ0n) is 17.3. The van der Waals surface area contributed by atoms with Crippen LogP contribution in [0, 0.1) is 0 Å². The van der Waals surface area contributed by atoms with Crippen LogP contribution in [0.5, 0.6) is 0 Å². The summed E-state index contributed by atoms with van der Waals surface area (Å²) in [7, 11) is 0. The standard InChI is InChI=1S/C23H28O6/c1-22(2)25-13-17(27-22)18-19(20-21(26-18)29-23(3,4)28-20)24-12-14-9-10-15-7-5-6-8-16(15)11-14/h5-11,17-21H,12-13H2,1-4H3/t17-,18-,19+,20-,21-/m1/s1. The molecule has 5 rings (SSSR count). The summed E-state index contributed by atoms with van der Waals surface area (Å²) >= 11 is 0. The molecule has 0 unspecified atom stereocenters. The second kappa shape index (κ2) is 7.01. The van der Waals surface area contributed by atoms with Gasteiger partial charge in [0.15, 0.2) is 17.9 Å². The van der Waals surface area contributed by atoms with E-state index in [0.29, 0.717) is 13.2 Å². The molecule has 5 atom stereocenters. The predicted molar refractivity (Wildman–Crippen MR) is 106 cm³/mol. The van der Waals surface area contributed by atoms with Gasteiger partial charge in [-0.05, 0) is 50.1 Å². The van der Waals surface area contributed by atoms with Gasteiger partial charge in [0.25, 0.3) is 0 Å². The van der Waals surface area contributed by atoms with E-state index in [0.717, 1.165) is 5.56 Å². The molecule has 0 saturated carbocycles. The van der Waals surface area contributed by atoms with Crippen molar-refractivity contribution in [3.63, 3.8) is 0 Å². The van der Waals surface area contributed by atoms with Crippen molar-refractivity contribution >= 4 is 10.8 Å². The van der Waals surface area contributed by atoms with Crippen LogP contribution in [0.15, 0.2) is 42.5 Å². The van der Waals surface area contributed by atoms with Crippen molar-refractivity contribution in [1.29, 1.82) is 0 Å². The highest BCUT2D eigenvalue weighted by Gasteiger charge is 2.58. The van der Waals surface area contributed by atoms with Gasteiger partial charge in [-0.15, -0.1) is 0 Å². The van der Waals surface area contributed by atoms with Gasteiger partial charge in [0.05, 0.1) is 13.2 Å². The van der Waals surface area contributed by atoms with E-state index in [1.165, 1.54) is 10.8 Å². The Kier molecular flexibility index (Phi) is 4.70. The minimum atomic E-state index is -0.697. The van der Waals surface area contributed by atoms with E-state index in [9.17, 15) is 0 Å². The summed E-state index contributed by atoms with van der Waals surface area (Å²) < 4.78 is 36.4. The first kappa shape index (κ1) is 19.4. The van der Waals surface area contributed by atoms with Crippen LogP contribution >= 0.6 is 0 Å². The minimum Gasteiger partial charge on any atom is -0.368 e. The molecule has 0 aromatic heterocycles. The summed E-state index contributed by atoms with van der Waals surface area (Å²) in [4.78, 5) is 0. The van der Waals surface area contributed by atoms with Crippen LogP contribution in [0.1, 0.15) is 33.3 Å². The fourth-order valence-electron chi connectivity index (χ4n) is 4.39. The number of benzene rings is 2. The van der Waals surface area contributed by atoms with Gasteiger partial charge in [0.2, 0.25) is 0 Å². The molecule has 0 radical (unpaired) electrons. The van der Waals surface area contributed by atoms with Crippen LogP contribution in [0.4, 0.5) is 0 Å². The highest BCUT2D eigenvalue weighted by molar-refractivity contribution is 5.82. The zero-order valence-corrected chi connectivity index (χ0v) is 17.3. The van der Waals surface area contributed by atoms with E-state index in [2.05, 4.69) is 30.3 Å². The Bertz CT molecular complexity index is 894. The fraction of sp³-hybridized carbons (Fsp3) is 0.565. The first-order chi connectivity index (χ1) is 13.8. The minimum absolute atomic E-state index is 0.229. The summed E-state index contributed by atoms with van der Waals surface area (Å²) in [5.41, 5.74) is 1.10. The molecule has 0 bridgehead atoms. The van der Waals surface area contributed by atoms with Crippen LogP contribution in [-0.4, -0.2) is 48.9 Å². The molecule has 6 nitrogen and oxygen atoms in total. The molecule has 0 N–H and O–H groups in total. The van der Waals surface area contributed by atoms with Gasteiger partial charge in [0.1, 0.15) is 24.4 Å². The lowest BCUT2D eigenvalue weighted by molar-refractivity contribution is -0.236. The largest absolute Gasteiger partial charge is 0.368 e. The third kappa shape index (κ3) is 3.81. The van der Waals surface area contributed by atoms with Gasteiger partial charge in [-0.3, -0.25) is 0 Å². The topological polar surface area (TPSA) is 55.4 Å². The summed E-state index contributed by atoms with van der Waals surface area (Å²) in [6.45, 7) is 8.51. The van der Waals surface area contributed by atoms with Crippen molar-refractivity contribution in [3.05, 3.63) is 48.0 Å². The molecule has 29 heavy (non-hydrogen) atoms. The highest BCUT2D eigenvalue weighted by Crippen LogP contribution is 2.42. The molecule has 2 aromatic carbocycles. The summed E-state index contributed by atoms with van der Waals surface area (Å²) in [6.07, 6.45) is -1.63. The van der Waals surface area contributed by atoms with E-state index in [-0.39, 0.29) is 24.4 Å². The maximum absolute atomic E-state index is 6.37. The lowest BCUT2D eigenvalue weighted by atomic mass is 10.1. The smallest absolute Gasteiger partial charge is 0.190 e. The molecule has 156 valence electrons. The van der Waals surface area contributed by atoms with Crippen molar-refractivity contribution in [1.82, 2.24) is 0 Å². The average molecular weight is 400 g/mol. The Hall–Kier alpha value is -1.54. The number of hydrogen-bond donors (Lipinski definition) is 0. The van der Waals surface area contributed by atoms with Gasteiger partial charge in [-0.2, -0.15) is 0 Å². The van der Waals surface area contributed by atoms with E-state index < -0.39 is 17.9 Å². The molecular weight excluding hydrogens is 372 g/mol. The Morgan fingerprint density at radius 1 is 0.897 bits per heavy atom. The zero-order chi connectivity index (χ0) is 20.2. The third-order valence-electron chi connectivity index (χ3n) is 5.68. The Balaban J connectivity index is 1.35. The van der Waals surface area contributed by atoms with Crippen LogP contribution in [0.25, 0.3) is 10.8 Å². The molecule has 6 heteroatoms. The molecule has 3 aliphatic rings. The van der Waals surface area contributed by atoms with Gasteiger partial charge in [-0.1, -0.05) is 36.4 Å². The first-order valence-corrected chi connectivity index (χ1v) is 10.2. The summed E-state index contributed by atoms with van der Waals surface area (Å²) in [6, 6.07) is 14.7. The van der Waals surface area contributed by atoms with E-state index >= 15 is 0 Å². The Morgan fingerprint density at radius 2 is 1.69 bits per heavy atom. The van der Waals surface area contributed by atoms with Crippen LogP contribution in [-0.2, 0) is 35.0 Å². The molecule has 3 fully saturated rings. The molecular formula is C23H28O6. The molecule has 3 saturated heterocycles. The Morgan fingerprint density at radius 3 is 2.45 bits per heavy atom. The van der Waals surface area contributed by atoms with Crippen molar-refractivity contribution in [2.45, 2.75) is 76.6 Å². The molecule has 2 aromatic rings. The van der Waals surface area contributed by atoms with Crippen LogP contribution < -0.4 is 0 Å². The third-order valence-corrected chi connectivity index (χ3v) is 5.68. The van der Waals surface area contributed by atoms with E-state index in [1.807, 2.05) is 39.8 Å². The van der Waals surface area contributed by atoms with Gasteiger partial charge in [0, 0.05) is 0 Å². The molecule has 0 spiro atoms. The van der Waals surface area contributed by atoms with Crippen LogP contribution in [0.2, 0.25) is 0 Å². The highest BCUT2D eigenvalue weighted by atomic mass is 16.8. The number of ether oxygens (including phenoxy) is 6. The molecule has 0 amide bonds. The molecule has 3 heterocycles. The quantitative estimate of drug-likeness (QED) is 0.779. The van der Waals surface area contributed by atoms with Gasteiger partial charge < -0.3 is 28.4 Å². The second-order valence-corrected chi connectivity index (χ2v) is 8.89. The van der Waals surface area contributed by atoms with Gasteiger partial charge in [-0.25, -0.2) is 0 Å². The lowest BCUT2D eigenvalue weighted by Crippen LogP contribution is -2.44. The number of fused-ring (bicyclic) bond motifs is 2. The van der Waals surface area contributed by atoms with Crippen LogP contribution in [0.3, 0.4) is 0 Å². The van der Waals surface area contributed by atoms with Crippen molar-refractivity contribution < 1.29 is 28.4 Å². The number of rotatable bonds is 4. The van der Waals surface area contributed by atoms with Crippen molar-refractivity contribution in [2.75, 3.05) is 6.61 Å².